The Morgan fingerprint density at radius 3 is 2.13 bits per heavy atom. The van der Waals surface area contributed by atoms with Crippen molar-refractivity contribution in [2.45, 2.75) is 6.54 Å². The third kappa shape index (κ3) is 7.29. The van der Waals surface area contributed by atoms with Crippen molar-refractivity contribution in [3.63, 3.8) is 0 Å². The lowest BCUT2D eigenvalue weighted by molar-refractivity contribution is 0.199. The molecule has 0 unspecified atom stereocenters. The van der Waals surface area contributed by atoms with E-state index >= 15 is 0 Å². The van der Waals surface area contributed by atoms with E-state index in [2.05, 4.69) is 10.6 Å². The second-order valence-electron chi connectivity index (χ2n) is 5.76. The molecule has 0 bridgehead atoms. The number of carbonyl (C=O) groups excluding carboxylic acids is 1. The summed E-state index contributed by atoms with van der Waals surface area (Å²) in [4.78, 5) is 34.7. The van der Waals surface area contributed by atoms with Gasteiger partial charge in [0.1, 0.15) is 6.67 Å². The zero-order valence-electron chi connectivity index (χ0n) is 15.4. The molecule has 0 atom stereocenters. The molecule has 0 aromatic heterocycles. The molecule has 12 nitrogen and oxygen atoms in total. The lowest BCUT2D eigenvalue weighted by Crippen LogP contribution is -2.42. The Balaban J connectivity index is 1.87. The van der Waals surface area contributed by atoms with Crippen LogP contribution in [-0.4, -0.2) is 43.5 Å². The van der Waals surface area contributed by atoms with Crippen molar-refractivity contribution in [2.75, 3.05) is 16.9 Å². The molecule has 0 spiro atoms. The monoisotopic (exact) mass is 437 g/mol. The third-order valence-electron chi connectivity index (χ3n) is 3.60. The highest BCUT2D eigenvalue weighted by Crippen LogP contribution is 2.13. The zero-order chi connectivity index (χ0) is 22.1. The van der Waals surface area contributed by atoms with Gasteiger partial charge >= 0.3 is 28.4 Å². The van der Waals surface area contributed by atoms with Gasteiger partial charge in [-0.15, -0.1) is 0 Å². The summed E-state index contributed by atoms with van der Waals surface area (Å²) in [5.41, 5.74) is 1.29. The smallest absolute Gasteiger partial charge is 0.419 e. The molecule has 0 fully saturated rings. The van der Waals surface area contributed by atoms with Gasteiger partial charge in [0.05, 0.1) is 0 Å². The number of carboxylic acid groups (broad SMARTS) is 2. The Kier molecular flexibility index (Phi) is 7.55. The fraction of sp³-hybridized carbons (Fsp3) is 0.118. The maximum absolute atomic E-state index is 12.0. The fourth-order valence-electron chi connectivity index (χ4n) is 2.24. The normalized spacial score (nSPS) is 10.7. The summed E-state index contributed by atoms with van der Waals surface area (Å²) in [5, 5.41) is 22.7. The number of nitrogens with zero attached hydrogens (tertiary/aromatic N) is 1. The molecule has 0 aliphatic rings. The van der Waals surface area contributed by atoms with E-state index in [9.17, 15) is 27.9 Å². The van der Waals surface area contributed by atoms with Gasteiger partial charge in [0, 0.05) is 17.9 Å². The molecule has 0 aliphatic heterocycles. The van der Waals surface area contributed by atoms with Crippen LogP contribution in [0, 0.1) is 0 Å². The third-order valence-corrected chi connectivity index (χ3v) is 4.56. The van der Waals surface area contributed by atoms with Gasteiger partial charge in [0.2, 0.25) is 0 Å². The molecule has 0 heterocycles. The maximum Gasteiger partial charge on any atom is 0.419 e. The van der Waals surface area contributed by atoms with E-state index in [-0.39, 0.29) is 13.2 Å². The summed E-state index contributed by atoms with van der Waals surface area (Å²) in [6.07, 6.45) is -2.94. The summed E-state index contributed by atoms with van der Waals surface area (Å²) < 4.78 is 26.2. The van der Waals surface area contributed by atoms with Crippen LogP contribution in [0.3, 0.4) is 0 Å². The molecule has 2 aromatic carbocycles. The highest BCUT2D eigenvalue weighted by atomic mass is 32.2. The van der Waals surface area contributed by atoms with E-state index in [0.717, 1.165) is 4.90 Å². The highest BCUT2D eigenvalue weighted by molar-refractivity contribution is 7.88. The van der Waals surface area contributed by atoms with Crippen molar-refractivity contribution in [3.8, 4) is 0 Å². The average Bonchev–Trinajstić information content (AvgIpc) is 2.67. The molecule has 0 saturated heterocycles. The van der Waals surface area contributed by atoms with Gasteiger partial charge in [-0.3, -0.25) is 4.90 Å². The Hall–Kier alpha value is -3.84. The number of rotatable bonds is 8. The fourth-order valence-corrected chi connectivity index (χ4v) is 2.90. The van der Waals surface area contributed by atoms with Crippen LogP contribution >= 0.6 is 0 Å². The van der Waals surface area contributed by atoms with Crippen LogP contribution in [0.4, 0.5) is 25.8 Å². The zero-order valence-corrected chi connectivity index (χ0v) is 16.2. The summed E-state index contributed by atoms with van der Waals surface area (Å²) in [6, 6.07) is 13.7. The van der Waals surface area contributed by atoms with Crippen molar-refractivity contribution < 1.29 is 33.0 Å². The number of para-hydroxylation sites is 1. The Labute approximate surface area is 171 Å². The molecule has 160 valence electrons. The number of urea groups is 1. The van der Waals surface area contributed by atoms with Gasteiger partial charge in [-0.2, -0.15) is 13.1 Å². The van der Waals surface area contributed by atoms with Crippen molar-refractivity contribution in [1.82, 2.24) is 14.8 Å². The van der Waals surface area contributed by atoms with Crippen molar-refractivity contribution in [1.29, 1.82) is 0 Å². The second-order valence-corrected chi connectivity index (χ2v) is 7.26. The quantitative estimate of drug-likeness (QED) is 0.339. The van der Waals surface area contributed by atoms with E-state index in [1.165, 1.54) is 29.0 Å². The van der Waals surface area contributed by atoms with Gasteiger partial charge in [-0.25, -0.2) is 19.1 Å². The number of carbonyl (C=O) groups is 3. The van der Waals surface area contributed by atoms with Gasteiger partial charge in [0.25, 0.3) is 0 Å². The number of hydrogen-bond donors (Lipinski definition) is 6. The standard InChI is InChI=1S/C17H19N5O7S/c23-15(18-11-22(17(26)27)14-4-2-1-3-5-14)20-13-8-6-12(7-9-13)10-19-30(28,29)21-16(24)25/h1-9,19,21H,10-11H2,(H,24,25)(H,26,27)(H2,18,20,23). The highest BCUT2D eigenvalue weighted by Gasteiger charge is 2.15. The topological polar surface area (TPSA) is 177 Å². The van der Waals surface area contributed by atoms with E-state index in [1.54, 1.807) is 30.3 Å². The Bertz CT molecular complexity index is 997. The molecule has 0 saturated carbocycles. The van der Waals surface area contributed by atoms with Crippen molar-refractivity contribution >= 4 is 39.8 Å². The molecule has 0 aliphatic carbocycles. The van der Waals surface area contributed by atoms with Crippen LogP contribution in [-0.2, 0) is 16.8 Å². The summed E-state index contributed by atoms with van der Waals surface area (Å²) in [5.74, 6) is 0. The first kappa shape index (κ1) is 22.4. The first-order valence-corrected chi connectivity index (χ1v) is 9.84. The van der Waals surface area contributed by atoms with Crippen LogP contribution in [0.5, 0.6) is 0 Å². The Morgan fingerprint density at radius 1 is 0.933 bits per heavy atom. The number of nitrogens with one attached hydrogen (secondary N) is 4. The van der Waals surface area contributed by atoms with E-state index < -0.39 is 28.4 Å². The number of anilines is 2. The summed E-state index contributed by atoms with van der Waals surface area (Å²) >= 11 is 0. The minimum Gasteiger partial charge on any atom is -0.465 e. The van der Waals surface area contributed by atoms with E-state index in [1.807, 2.05) is 4.72 Å². The van der Waals surface area contributed by atoms with Gasteiger partial charge in [0.15, 0.2) is 0 Å². The molecule has 13 heteroatoms. The SMILES string of the molecule is O=C(O)NS(=O)(=O)NCc1ccc(NC(=O)NCN(C(=O)O)c2ccccc2)cc1. The summed E-state index contributed by atoms with van der Waals surface area (Å²) in [6.45, 7) is -0.443. The molecule has 6 N–H and O–H groups in total. The first-order valence-electron chi connectivity index (χ1n) is 8.36. The molecule has 0 radical (unpaired) electrons. The molecule has 4 amide bonds. The second kappa shape index (κ2) is 10.1. The van der Waals surface area contributed by atoms with Crippen molar-refractivity contribution in [2.24, 2.45) is 0 Å². The van der Waals surface area contributed by atoms with Gasteiger partial charge in [-0.1, -0.05) is 30.3 Å². The lowest BCUT2D eigenvalue weighted by Gasteiger charge is -2.19. The van der Waals surface area contributed by atoms with Crippen LogP contribution in [0.1, 0.15) is 5.56 Å². The molecular formula is C17H19N5O7S. The maximum atomic E-state index is 12.0. The van der Waals surface area contributed by atoms with Crippen molar-refractivity contribution in [3.05, 3.63) is 60.2 Å². The van der Waals surface area contributed by atoms with Crippen LogP contribution < -0.4 is 25.0 Å². The van der Waals surface area contributed by atoms with Gasteiger partial charge < -0.3 is 20.8 Å². The van der Waals surface area contributed by atoms with E-state index in [0.29, 0.717) is 16.9 Å². The molecule has 2 rings (SSSR count). The average molecular weight is 437 g/mol. The van der Waals surface area contributed by atoms with Crippen LogP contribution in [0.2, 0.25) is 0 Å². The lowest BCUT2D eigenvalue weighted by atomic mass is 10.2. The number of hydrogen-bond acceptors (Lipinski definition) is 5. The number of amides is 4. The van der Waals surface area contributed by atoms with Crippen LogP contribution in [0.15, 0.2) is 54.6 Å². The largest absolute Gasteiger partial charge is 0.465 e. The first-order chi connectivity index (χ1) is 14.2. The minimum absolute atomic E-state index is 0.167. The van der Waals surface area contributed by atoms with Crippen LogP contribution in [0.25, 0.3) is 0 Å². The minimum atomic E-state index is -4.19. The predicted octanol–water partition coefficient (Wildman–Crippen LogP) is 1.55. The molecule has 2 aromatic rings. The predicted molar refractivity (Wildman–Crippen MR) is 107 cm³/mol. The molecular weight excluding hydrogens is 418 g/mol. The Morgan fingerprint density at radius 2 is 1.57 bits per heavy atom. The summed E-state index contributed by atoms with van der Waals surface area (Å²) in [7, 11) is -4.19. The number of benzene rings is 2. The van der Waals surface area contributed by atoms with E-state index in [4.69, 9.17) is 5.11 Å². The molecule has 30 heavy (non-hydrogen) atoms. The van der Waals surface area contributed by atoms with Gasteiger partial charge in [-0.05, 0) is 29.8 Å².